The number of rotatable bonds is 7. The maximum atomic E-state index is 13.8. The molecule has 2 aliphatic heterocycles. The number of benzene rings is 3. The van der Waals surface area contributed by atoms with Crippen molar-refractivity contribution in [3.8, 4) is 11.5 Å². The molecule has 0 bridgehead atoms. The number of carbonyl (C=O) groups excluding carboxylic acids is 3. The molecule has 40 heavy (non-hydrogen) atoms. The molecule has 3 heterocycles. The zero-order valence-corrected chi connectivity index (χ0v) is 22.8. The van der Waals surface area contributed by atoms with Crippen molar-refractivity contribution in [1.82, 2.24) is 4.98 Å². The molecular formula is C29H23N3O6S2. The van der Waals surface area contributed by atoms with E-state index in [1.807, 2.05) is 24.3 Å². The lowest BCUT2D eigenvalue weighted by molar-refractivity contribution is -0.122. The molecule has 11 heteroatoms. The number of thioether (sulfide) groups is 1. The van der Waals surface area contributed by atoms with Gasteiger partial charge in [-0.2, -0.15) is 0 Å². The van der Waals surface area contributed by atoms with Crippen molar-refractivity contribution in [2.45, 2.75) is 16.2 Å². The summed E-state index contributed by atoms with van der Waals surface area (Å²) in [5.74, 6) is -1.53. The van der Waals surface area contributed by atoms with Gasteiger partial charge in [0.2, 0.25) is 11.8 Å². The molecule has 2 N–H and O–H groups in total. The monoisotopic (exact) mass is 573 g/mol. The maximum Gasteiger partial charge on any atom is 0.305 e. The average Bonchev–Trinajstić information content (AvgIpc) is 3.46. The van der Waals surface area contributed by atoms with Gasteiger partial charge in [-0.3, -0.25) is 19.2 Å². The van der Waals surface area contributed by atoms with Gasteiger partial charge < -0.3 is 19.8 Å². The molecular weight excluding hydrogens is 550 g/mol. The maximum absolute atomic E-state index is 13.8. The number of fused-ring (bicyclic) bond motifs is 2. The molecule has 0 aliphatic carbocycles. The van der Waals surface area contributed by atoms with Crippen molar-refractivity contribution in [3.05, 3.63) is 99.0 Å². The summed E-state index contributed by atoms with van der Waals surface area (Å²) < 4.78 is 11.3. The van der Waals surface area contributed by atoms with Gasteiger partial charge in [-0.25, -0.2) is 4.90 Å². The molecule has 2 aliphatic rings. The largest absolute Gasteiger partial charge is 0.493 e. The fraction of sp³-hybridized carbons (Fsp3) is 0.172. The van der Waals surface area contributed by atoms with Crippen molar-refractivity contribution in [3.63, 3.8) is 0 Å². The van der Waals surface area contributed by atoms with Gasteiger partial charge in [0.1, 0.15) is 5.25 Å². The molecule has 0 saturated carbocycles. The topological polar surface area (TPSA) is 118 Å². The predicted molar refractivity (Wildman–Crippen MR) is 152 cm³/mol. The molecule has 1 fully saturated rings. The fourth-order valence-corrected chi connectivity index (χ4v) is 7.58. The Hall–Kier alpha value is -4.35. The molecule has 3 atom stereocenters. The van der Waals surface area contributed by atoms with E-state index in [1.165, 1.54) is 23.8 Å². The van der Waals surface area contributed by atoms with E-state index >= 15 is 0 Å². The van der Waals surface area contributed by atoms with Crippen LogP contribution in [-0.4, -0.2) is 41.7 Å². The number of H-pyrrole nitrogens is 1. The minimum absolute atomic E-state index is 0.238. The first-order valence-electron chi connectivity index (χ1n) is 12.4. The number of nitrogens with zero attached hydrogens (tertiary/aromatic N) is 1. The predicted octanol–water partition coefficient (Wildman–Crippen LogP) is 4.26. The number of hydrogen-bond donors (Lipinski definition) is 2. The summed E-state index contributed by atoms with van der Waals surface area (Å²) in [5, 5.41) is 2.66. The van der Waals surface area contributed by atoms with Gasteiger partial charge in [-0.1, -0.05) is 65.6 Å². The number of aromatic amines is 1. The Labute approximate surface area is 237 Å². The summed E-state index contributed by atoms with van der Waals surface area (Å²) in [6.07, 6.45) is 0. The molecule has 4 aromatic rings. The minimum atomic E-state index is -0.718. The number of thiazole rings is 1. The summed E-state index contributed by atoms with van der Waals surface area (Å²) in [5.41, 5.74) is 1.86. The molecule has 0 spiro atoms. The van der Waals surface area contributed by atoms with Crippen molar-refractivity contribution in [2.75, 3.05) is 23.9 Å². The zero-order valence-electron chi connectivity index (χ0n) is 21.2. The normalized spacial score (nSPS) is 19.6. The van der Waals surface area contributed by atoms with Gasteiger partial charge in [-0.15, -0.1) is 0 Å². The van der Waals surface area contributed by atoms with Gasteiger partial charge in [0, 0.05) is 16.5 Å². The smallest absolute Gasteiger partial charge is 0.305 e. The second-order valence-corrected chi connectivity index (χ2v) is 11.4. The van der Waals surface area contributed by atoms with Crippen molar-refractivity contribution in [1.29, 1.82) is 0 Å². The van der Waals surface area contributed by atoms with Crippen molar-refractivity contribution in [2.24, 2.45) is 5.92 Å². The van der Waals surface area contributed by atoms with E-state index in [4.69, 9.17) is 9.47 Å². The highest BCUT2D eigenvalue weighted by Gasteiger charge is 2.56. The highest BCUT2D eigenvalue weighted by atomic mass is 32.2. The van der Waals surface area contributed by atoms with E-state index in [1.54, 1.807) is 54.6 Å². The third-order valence-electron chi connectivity index (χ3n) is 6.80. The van der Waals surface area contributed by atoms with E-state index < -0.39 is 17.1 Å². The van der Waals surface area contributed by atoms with E-state index in [-0.39, 0.29) is 29.2 Å². The number of nitrogens with one attached hydrogen (secondary N) is 2. The van der Waals surface area contributed by atoms with E-state index in [2.05, 4.69) is 10.3 Å². The third-order valence-corrected chi connectivity index (χ3v) is 9.20. The summed E-state index contributed by atoms with van der Waals surface area (Å²) >= 11 is 2.26. The van der Waals surface area contributed by atoms with Crippen LogP contribution in [0.25, 0.3) is 0 Å². The molecule has 3 unspecified atom stereocenters. The van der Waals surface area contributed by atoms with Crippen molar-refractivity contribution >= 4 is 52.2 Å². The Bertz CT molecular complexity index is 1650. The van der Waals surface area contributed by atoms with E-state index in [9.17, 15) is 19.2 Å². The Morgan fingerprint density at radius 2 is 1.68 bits per heavy atom. The fourth-order valence-electron chi connectivity index (χ4n) is 5.07. The van der Waals surface area contributed by atoms with Crippen LogP contribution in [0.4, 0.5) is 11.4 Å². The highest BCUT2D eigenvalue weighted by Crippen LogP contribution is 2.53. The van der Waals surface area contributed by atoms with Gasteiger partial charge in [0.15, 0.2) is 18.1 Å². The number of methoxy groups -OCH3 is 1. The first-order chi connectivity index (χ1) is 19.4. The number of ether oxygens (including phenoxy) is 2. The number of anilines is 2. The number of hydrogen-bond acceptors (Lipinski definition) is 8. The minimum Gasteiger partial charge on any atom is -0.493 e. The van der Waals surface area contributed by atoms with Crippen LogP contribution in [0.5, 0.6) is 11.5 Å². The third kappa shape index (κ3) is 4.67. The SMILES string of the molecule is COc1cc(C2c3sc(=O)[nH]c3SC3C(=O)N(c4ccccc4)C(=O)C32)ccc1OCC(=O)Nc1ccccc1. The number of aromatic nitrogens is 1. The van der Waals surface area contributed by atoms with Crippen LogP contribution >= 0.6 is 23.1 Å². The second-order valence-electron chi connectivity index (χ2n) is 9.21. The Kier molecular flexibility index (Phi) is 6.91. The first kappa shape index (κ1) is 25.9. The quantitative estimate of drug-likeness (QED) is 0.317. The van der Waals surface area contributed by atoms with Crippen molar-refractivity contribution < 1.29 is 23.9 Å². The summed E-state index contributed by atoms with van der Waals surface area (Å²) in [4.78, 5) is 56.6. The number of imide groups is 1. The van der Waals surface area contributed by atoms with Crippen LogP contribution in [0.15, 0.2) is 88.7 Å². The molecule has 1 aromatic heterocycles. The van der Waals surface area contributed by atoms with Crippen LogP contribution in [0.1, 0.15) is 16.4 Å². The molecule has 0 radical (unpaired) electrons. The molecule has 202 valence electrons. The van der Waals surface area contributed by atoms with Crippen LogP contribution in [0.3, 0.4) is 0 Å². The standard InChI is InChI=1S/C29H23N3O6S2/c1-37-20-14-16(12-13-19(20)38-15-21(33)30-17-8-4-2-5-9-17)22-23-25(39-26-24(22)40-29(36)31-26)28(35)32(27(23)34)18-10-6-3-7-11-18/h2-14,22-23,25H,15H2,1H3,(H,30,33)(H,31,36). The summed E-state index contributed by atoms with van der Waals surface area (Å²) in [6.45, 7) is -0.238. The average molecular weight is 574 g/mol. The Morgan fingerprint density at radius 3 is 2.40 bits per heavy atom. The summed E-state index contributed by atoms with van der Waals surface area (Å²) in [7, 11) is 1.48. The van der Waals surface area contributed by atoms with Crippen LogP contribution in [0, 0.1) is 5.92 Å². The lowest BCUT2D eigenvalue weighted by atomic mass is 9.83. The van der Waals surface area contributed by atoms with E-state index in [0.717, 1.165) is 11.3 Å². The number of amides is 3. The summed E-state index contributed by atoms with van der Waals surface area (Å²) in [6, 6.07) is 23.1. The van der Waals surface area contributed by atoms with Crippen LogP contribution in [0.2, 0.25) is 0 Å². The van der Waals surface area contributed by atoms with Gasteiger partial charge in [0.25, 0.3) is 5.91 Å². The molecule has 6 rings (SSSR count). The van der Waals surface area contributed by atoms with E-state index in [0.29, 0.717) is 38.3 Å². The molecule has 1 saturated heterocycles. The second kappa shape index (κ2) is 10.7. The highest BCUT2D eigenvalue weighted by molar-refractivity contribution is 8.00. The Morgan fingerprint density at radius 1 is 0.950 bits per heavy atom. The Balaban J connectivity index is 1.31. The molecule has 9 nitrogen and oxygen atoms in total. The number of carbonyl (C=O) groups is 3. The molecule has 3 aromatic carbocycles. The van der Waals surface area contributed by atoms with Gasteiger partial charge in [-0.05, 0) is 42.0 Å². The lowest BCUT2D eigenvalue weighted by Crippen LogP contribution is -2.32. The van der Waals surface area contributed by atoms with Crippen LogP contribution in [-0.2, 0) is 14.4 Å². The lowest BCUT2D eigenvalue weighted by Gasteiger charge is -2.30. The van der Waals surface area contributed by atoms with Crippen LogP contribution < -0.4 is 24.6 Å². The molecule has 3 amide bonds. The number of para-hydroxylation sites is 2. The van der Waals surface area contributed by atoms with Gasteiger partial charge in [0.05, 0.1) is 23.7 Å². The first-order valence-corrected chi connectivity index (χ1v) is 14.1. The zero-order chi connectivity index (χ0) is 27.8. The van der Waals surface area contributed by atoms with Gasteiger partial charge >= 0.3 is 4.87 Å².